The topological polar surface area (TPSA) is 0 Å². The van der Waals surface area contributed by atoms with Crippen molar-refractivity contribution in [1.29, 1.82) is 0 Å². The van der Waals surface area contributed by atoms with E-state index in [0.717, 1.165) is 6.42 Å². The normalized spacial score (nSPS) is 12.4. The molecule has 0 amide bonds. The Morgan fingerprint density at radius 2 is 1.11 bits per heavy atom. The first-order chi connectivity index (χ1) is 20.2. The summed E-state index contributed by atoms with van der Waals surface area (Å²) in [6.07, 6.45) is 11.6. The Morgan fingerprint density at radius 3 is 1.68 bits per heavy atom. The van der Waals surface area contributed by atoms with Crippen molar-refractivity contribution in [2.45, 2.75) is 20.3 Å². The van der Waals surface area contributed by atoms with Gasteiger partial charge in [-0.25, -0.2) is 0 Å². The van der Waals surface area contributed by atoms with E-state index in [9.17, 15) is 0 Å². The summed E-state index contributed by atoms with van der Waals surface area (Å²) in [7, 11) is 0. The first kappa shape index (κ1) is 31.9. The van der Waals surface area contributed by atoms with Gasteiger partial charge in [0, 0.05) is 0 Å². The largest absolute Gasteiger partial charge is 3.00 e. The number of hydrogen-bond acceptors (Lipinski definition) is 0. The third-order valence-corrected chi connectivity index (χ3v) is 8.69. The first-order valence-corrected chi connectivity index (χ1v) is 14.4. The van der Waals surface area contributed by atoms with Crippen molar-refractivity contribution in [2.24, 2.45) is 0 Å². The van der Waals surface area contributed by atoms with Gasteiger partial charge in [0.1, 0.15) is 0 Å². The van der Waals surface area contributed by atoms with Gasteiger partial charge in [0.05, 0.1) is 0 Å². The summed E-state index contributed by atoms with van der Waals surface area (Å²) in [5.74, 6) is 0. The molecule has 0 atom stereocenters. The van der Waals surface area contributed by atoms with Gasteiger partial charge in [0.15, 0.2) is 0 Å². The molecule has 1 radical (unpaired) electrons. The van der Waals surface area contributed by atoms with Crippen LogP contribution in [0.2, 0.25) is 0 Å². The molecule has 6 aromatic rings. The van der Waals surface area contributed by atoms with E-state index in [1.165, 1.54) is 87.6 Å². The van der Waals surface area contributed by atoms with E-state index in [2.05, 4.69) is 147 Å². The summed E-state index contributed by atoms with van der Waals surface area (Å²) in [6.45, 7) is 4.31. The molecule has 44 heavy (non-hydrogen) atoms. The zero-order chi connectivity index (χ0) is 27.5. The van der Waals surface area contributed by atoms with Crippen LogP contribution >= 0.6 is 0 Å². The van der Waals surface area contributed by atoms with Gasteiger partial charge < -0.3 is 24.8 Å². The maximum Gasteiger partial charge on any atom is 3.00 e. The second kappa shape index (κ2) is 12.9. The maximum atomic E-state index is 3.88. The van der Waals surface area contributed by atoms with Gasteiger partial charge in [0.2, 0.25) is 0 Å². The Balaban J connectivity index is 0.00000128. The van der Waals surface area contributed by atoms with E-state index in [-0.39, 0.29) is 51.0 Å². The molecule has 8 rings (SSSR count). The van der Waals surface area contributed by atoms with Gasteiger partial charge in [-0.15, -0.1) is 28.5 Å². The van der Waals surface area contributed by atoms with E-state index >= 15 is 0 Å². The van der Waals surface area contributed by atoms with Gasteiger partial charge in [-0.3, -0.25) is 0 Å². The van der Waals surface area contributed by atoms with E-state index in [0.29, 0.717) is 0 Å². The van der Waals surface area contributed by atoms with Crippen LogP contribution in [0.25, 0.3) is 49.9 Å². The molecule has 211 valence electrons. The SMILES string of the molecule is Cc1ccc(C(c2ccc(C)cc2)=c2ccc3c(c2C2=CC=CC2)-c2c(c4ccccc4c4ccccc24)[C-]=3)cc1.[Cl-].[Cl-].[Zr+3]. The van der Waals surface area contributed by atoms with Gasteiger partial charge in [-0.2, -0.15) is 0 Å². The van der Waals surface area contributed by atoms with Gasteiger partial charge in [-0.05, 0) is 64.1 Å². The van der Waals surface area contributed by atoms with Crippen molar-refractivity contribution in [3.8, 4) is 11.1 Å². The Morgan fingerprint density at radius 1 is 0.568 bits per heavy atom. The van der Waals surface area contributed by atoms with Crippen LogP contribution in [0.5, 0.6) is 0 Å². The molecule has 0 N–H and O–H groups in total. The molecule has 0 bridgehead atoms. The second-order valence-corrected chi connectivity index (χ2v) is 11.3. The minimum Gasteiger partial charge on any atom is -1.00 e. The van der Waals surface area contributed by atoms with Gasteiger partial charge in [0.25, 0.3) is 0 Å². The van der Waals surface area contributed by atoms with Crippen molar-refractivity contribution in [1.82, 2.24) is 0 Å². The molecule has 0 saturated carbocycles. The predicted octanol–water partition coefficient (Wildman–Crippen LogP) is 2.89. The van der Waals surface area contributed by atoms with Crippen LogP contribution < -0.4 is 35.3 Å². The minimum absolute atomic E-state index is 0. The molecule has 0 saturated heterocycles. The van der Waals surface area contributed by atoms with Crippen LogP contribution in [-0.2, 0) is 26.2 Å². The molecular formula is C41H29Cl2Zr. The molecule has 0 fully saturated rings. The minimum atomic E-state index is 0. The average Bonchev–Trinajstić information content (AvgIpc) is 3.68. The van der Waals surface area contributed by atoms with Crippen molar-refractivity contribution in [3.05, 3.63) is 171 Å². The number of allylic oxidation sites excluding steroid dienone is 4. The molecule has 0 spiro atoms. The molecule has 0 aliphatic heterocycles. The average molecular weight is 684 g/mol. The van der Waals surface area contributed by atoms with Crippen LogP contribution in [0.1, 0.15) is 39.8 Å². The monoisotopic (exact) mass is 681 g/mol. The van der Waals surface area contributed by atoms with E-state index in [1.807, 2.05) is 0 Å². The number of benzene rings is 6. The van der Waals surface area contributed by atoms with Crippen molar-refractivity contribution in [3.63, 3.8) is 0 Å². The van der Waals surface area contributed by atoms with Crippen LogP contribution in [0.15, 0.2) is 127 Å². The summed E-state index contributed by atoms with van der Waals surface area (Å²) in [5.41, 5.74) is 12.8. The van der Waals surface area contributed by atoms with Crippen molar-refractivity contribution in [2.75, 3.05) is 0 Å². The van der Waals surface area contributed by atoms with E-state index in [1.54, 1.807) is 0 Å². The van der Waals surface area contributed by atoms with Gasteiger partial charge in [-0.1, -0.05) is 149 Å². The fourth-order valence-corrected chi connectivity index (χ4v) is 6.72. The molecule has 2 aliphatic rings. The number of rotatable bonds is 3. The number of hydrogen-bond donors (Lipinski definition) is 0. The van der Waals surface area contributed by atoms with Gasteiger partial charge >= 0.3 is 26.2 Å². The Hall–Kier alpha value is -3.48. The third kappa shape index (κ3) is 5.16. The van der Waals surface area contributed by atoms with E-state index in [4.69, 9.17) is 0 Å². The molecule has 2 aliphatic carbocycles. The van der Waals surface area contributed by atoms with Crippen LogP contribution in [0.3, 0.4) is 0 Å². The smallest absolute Gasteiger partial charge is 1.00 e. The second-order valence-electron chi connectivity index (χ2n) is 11.3. The summed E-state index contributed by atoms with van der Waals surface area (Å²) >= 11 is 0. The standard InChI is InChI=1S/C41H29.2ClH.Zr/c1-26-15-19-29(20-16-26)38(30-21-17-27(2)18-22-30)36-24-23-31-25-37-34-13-6-5-11-32(34)33-12-7-8-14-35(33)41(37)40(31)39(36)28-9-3-4-10-28;;;/h3-9,11-24H,10H2,1-2H3;2*1H;/q-1;;;+3/p-2. The van der Waals surface area contributed by atoms with Crippen LogP contribution in [0, 0.1) is 13.8 Å². The zero-order valence-electron chi connectivity index (χ0n) is 24.6. The molecule has 0 heterocycles. The number of fused-ring (bicyclic) bond motifs is 8. The molecule has 0 nitrogen and oxygen atoms in total. The van der Waals surface area contributed by atoms with Crippen molar-refractivity contribution >= 4 is 38.8 Å². The fourth-order valence-electron chi connectivity index (χ4n) is 6.72. The number of aryl methyl sites for hydroxylation is 2. The Kier molecular flexibility index (Phi) is 9.34. The predicted molar refractivity (Wildman–Crippen MR) is 174 cm³/mol. The van der Waals surface area contributed by atoms with E-state index < -0.39 is 0 Å². The van der Waals surface area contributed by atoms with Crippen molar-refractivity contribution < 1.29 is 51.0 Å². The molecule has 6 aromatic carbocycles. The molecule has 0 aromatic heterocycles. The zero-order valence-corrected chi connectivity index (χ0v) is 28.6. The third-order valence-electron chi connectivity index (χ3n) is 8.69. The fraction of sp³-hybridized carbons (Fsp3) is 0.0732. The molecular weight excluding hydrogens is 655 g/mol. The van der Waals surface area contributed by atoms with Crippen LogP contribution in [-0.4, -0.2) is 0 Å². The summed E-state index contributed by atoms with van der Waals surface area (Å²) in [6, 6.07) is 40.3. The first-order valence-electron chi connectivity index (χ1n) is 14.4. The molecule has 3 heteroatoms. The maximum absolute atomic E-state index is 3.88. The summed E-state index contributed by atoms with van der Waals surface area (Å²) in [4.78, 5) is 0. The molecule has 0 unspecified atom stereocenters. The Labute approximate surface area is 290 Å². The summed E-state index contributed by atoms with van der Waals surface area (Å²) in [5, 5.41) is 7.61. The quantitative estimate of drug-likeness (QED) is 0.199. The number of halogens is 2. The summed E-state index contributed by atoms with van der Waals surface area (Å²) < 4.78 is 0. The Bertz CT molecular complexity index is 2170. The van der Waals surface area contributed by atoms with Crippen LogP contribution in [0.4, 0.5) is 0 Å².